The SMILES string of the molecule is C=CCNC(=O)C(C)NC1(C(=O)O)CCC1. The Balaban J connectivity index is 2.49. The molecule has 1 aliphatic carbocycles. The van der Waals surface area contributed by atoms with E-state index in [1.807, 2.05) is 0 Å². The summed E-state index contributed by atoms with van der Waals surface area (Å²) >= 11 is 0. The molecule has 1 saturated carbocycles. The van der Waals surface area contributed by atoms with Gasteiger partial charge in [0.25, 0.3) is 0 Å². The normalized spacial score (nSPS) is 19.3. The molecule has 5 heteroatoms. The van der Waals surface area contributed by atoms with Crippen LogP contribution in [0, 0.1) is 0 Å². The fourth-order valence-corrected chi connectivity index (χ4v) is 1.76. The average molecular weight is 226 g/mol. The molecule has 0 aromatic heterocycles. The number of aliphatic carboxylic acids is 1. The number of carboxylic acids is 1. The van der Waals surface area contributed by atoms with Crippen LogP contribution >= 0.6 is 0 Å². The van der Waals surface area contributed by atoms with Crippen molar-refractivity contribution in [3.63, 3.8) is 0 Å². The maximum Gasteiger partial charge on any atom is 0.323 e. The van der Waals surface area contributed by atoms with Crippen molar-refractivity contribution >= 4 is 11.9 Å². The number of carboxylic acid groups (broad SMARTS) is 1. The van der Waals surface area contributed by atoms with E-state index in [1.54, 1.807) is 13.0 Å². The Morgan fingerprint density at radius 2 is 2.19 bits per heavy atom. The van der Waals surface area contributed by atoms with Crippen LogP contribution in [0.2, 0.25) is 0 Å². The van der Waals surface area contributed by atoms with Gasteiger partial charge in [0, 0.05) is 6.54 Å². The molecule has 3 N–H and O–H groups in total. The summed E-state index contributed by atoms with van der Waals surface area (Å²) in [5.74, 6) is -1.07. The van der Waals surface area contributed by atoms with Crippen LogP contribution in [0.15, 0.2) is 12.7 Å². The van der Waals surface area contributed by atoms with E-state index >= 15 is 0 Å². The molecule has 16 heavy (non-hydrogen) atoms. The van der Waals surface area contributed by atoms with Gasteiger partial charge in [-0.3, -0.25) is 14.9 Å². The standard InChI is InChI=1S/C11H18N2O3/c1-3-7-12-9(14)8(2)13-11(10(15)16)5-4-6-11/h3,8,13H,1,4-7H2,2H3,(H,12,14)(H,15,16). The number of hydrogen-bond donors (Lipinski definition) is 3. The molecule has 1 amide bonds. The summed E-state index contributed by atoms with van der Waals surface area (Å²) in [5, 5.41) is 14.6. The largest absolute Gasteiger partial charge is 0.480 e. The second kappa shape index (κ2) is 5.12. The molecule has 0 radical (unpaired) electrons. The Kier molecular flexibility index (Phi) is 4.06. The van der Waals surface area contributed by atoms with Crippen LogP contribution in [0.1, 0.15) is 26.2 Å². The third kappa shape index (κ3) is 2.61. The van der Waals surface area contributed by atoms with Gasteiger partial charge in [-0.25, -0.2) is 0 Å². The maximum atomic E-state index is 11.5. The Morgan fingerprint density at radius 1 is 1.56 bits per heavy atom. The fraction of sp³-hybridized carbons (Fsp3) is 0.636. The molecule has 1 atom stereocenters. The number of rotatable bonds is 6. The lowest BCUT2D eigenvalue weighted by Crippen LogP contribution is -2.62. The molecule has 1 fully saturated rings. The molecule has 0 aromatic carbocycles. The molecule has 0 spiro atoms. The average Bonchev–Trinajstić information content (AvgIpc) is 2.18. The van der Waals surface area contributed by atoms with E-state index in [0.29, 0.717) is 19.4 Å². The second-order valence-electron chi connectivity index (χ2n) is 4.14. The van der Waals surface area contributed by atoms with E-state index < -0.39 is 17.6 Å². The van der Waals surface area contributed by atoms with E-state index in [1.165, 1.54) is 0 Å². The van der Waals surface area contributed by atoms with Gasteiger partial charge in [-0.1, -0.05) is 6.08 Å². The zero-order valence-corrected chi connectivity index (χ0v) is 9.45. The lowest BCUT2D eigenvalue weighted by atomic mass is 9.76. The Morgan fingerprint density at radius 3 is 2.56 bits per heavy atom. The summed E-state index contributed by atoms with van der Waals surface area (Å²) in [6.07, 6.45) is 3.64. The van der Waals surface area contributed by atoms with Gasteiger partial charge in [0.1, 0.15) is 5.54 Å². The first-order chi connectivity index (χ1) is 7.52. The van der Waals surface area contributed by atoms with Gasteiger partial charge in [-0.05, 0) is 26.2 Å². The Labute approximate surface area is 94.9 Å². The zero-order valence-electron chi connectivity index (χ0n) is 9.45. The maximum absolute atomic E-state index is 11.5. The second-order valence-corrected chi connectivity index (χ2v) is 4.14. The third-order valence-corrected chi connectivity index (χ3v) is 2.92. The molecule has 0 aliphatic heterocycles. The summed E-state index contributed by atoms with van der Waals surface area (Å²) in [6, 6.07) is -0.503. The first kappa shape index (κ1) is 12.7. The molecule has 1 unspecified atom stereocenters. The smallest absolute Gasteiger partial charge is 0.323 e. The highest BCUT2D eigenvalue weighted by molar-refractivity contribution is 5.84. The summed E-state index contributed by atoms with van der Waals surface area (Å²) in [5.41, 5.74) is -0.898. The first-order valence-electron chi connectivity index (χ1n) is 5.41. The summed E-state index contributed by atoms with van der Waals surface area (Å²) < 4.78 is 0. The first-order valence-corrected chi connectivity index (χ1v) is 5.41. The van der Waals surface area contributed by atoms with Gasteiger partial charge in [0.05, 0.1) is 6.04 Å². The van der Waals surface area contributed by atoms with Gasteiger partial charge in [-0.2, -0.15) is 0 Å². The molecule has 5 nitrogen and oxygen atoms in total. The van der Waals surface area contributed by atoms with Crippen LogP contribution in [0.25, 0.3) is 0 Å². The molecule has 1 aliphatic rings. The highest BCUT2D eigenvalue weighted by atomic mass is 16.4. The number of hydrogen-bond acceptors (Lipinski definition) is 3. The third-order valence-electron chi connectivity index (χ3n) is 2.92. The van der Waals surface area contributed by atoms with Crippen LogP contribution in [-0.4, -0.2) is 35.1 Å². The van der Waals surface area contributed by atoms with Crippen LogP contribution in [-0.2, 0) is 9.59 Å². The Hall–Kier alpha value is -1.36. The van der Waals surface area contributed by atoms with Gasteiger partial charge < -0.3 is 10.4 Å². The quantitative estimate of drug-likeness (QED) is 0.568. The van der Waals surface area contributed by atoms with Crippen molar-refractivity contribution in [2.75, 3.05) is 6.54 Å². The van der Waals surface area contributed by atoms with E-state index in [4.69, 9.17) is 5.11 Å². The van der Waals surface area contributed by atoms with Gasteiger partial charge in [0.15, 0.2) is 0 Å². The predicted octanol–water partition coefficient (Wildman–Crippen LogP) is 0.274. The minimum Gasteiger partial charge on any atom is -0.480 e. The fourth-order valence-electron chi connectivity index (χ4n) is 1.76. The molecular formula is C11H18N2O3. The molecule has 0 aromatic rings. The predicted molar refractivity (Wildman–Crippen MR) is 60.0 cm³/mol. The number of nitrogens with one attached hydrogen (secondary N) is 2. The van der Waals surface area contributed by atoms with E-state index in [2.05, 4.69) is 17.2 Å². The highest BCUT2D eigenvalue weighted by Crippen LogP contribution is 2.32. The Bertz CT molecular complexity index is 298. The van der Waals surface area contributed by atoms with Crippen LogP contribution < -0.4 is 10.6 Å². The summed E-state index contributed by atoms with van der Waals surface area (Å²) in [6.45, 7) is 5.55. The summed E-state index contributed by atoms with van der Waals surface area (Å²) in [7, 11) is 0. The van der Waals surface area contributed by atoms with Gasteiger partial charge in [0.2, 0.25) is 5.91 Å². The monoisotopic (exact) mass is 226 g/mol. The van der Waals surface area contributed by atoms with Gasteiger partial charge >= 0.3 is 5.97 Å². The number of carbonyl (C=O) groups is 2. The van der Waals surface area contributed by atoms with E-state index in [-0.39, 0.29) is 5.91 Å². The van der Waals surface area contributed by atoms with Crippen molar-refractivity contribution in [1.82, 2.24) is 10.6 Å². The summed E-state index contributed by atoms with van der Waals surface area (Å²) in [4.78, 5) is 22.6. The molecule has 90 valence electrons. The molecule has 1 rings (SSSR count). The number of carbonyl (C=O) groups excluding carboxylic acids is 1. The minimum absolute atomic E-state index is 0.201. The van der Waals surface area contributed by atoms with Crippen LogP contribution in [0.4, 0.5) is 0 Å². The number of amides is 1. The zero-order chi connectivity index (χ0) is 12.2. The van der Waals surface area contributed by atoms with Crippen LogP contribution in [0.3, 0.4) is 0 Å². The van der Waals surface area contributed by atoms with E-state index in [9.17, 15) is 9.59 Å². The lowest BCUT2D eigenvalue weighted by molar-refractivity contribution is -0.149. The topological polar surface area (TPSA) is 78.4 Å². The van der Waals surface area contributed by atoms with Crippen molar-refractivity contribution in [3.05, 3.63) is 12.7 Å². The van der Waals surface area contributed by atoms with Crippen molar-refractivity contribution in [3.8, 4) is 0 Å². The molecule has 0 bridgehead atoms. The van der Waals surface area contributed by atoms with Gasteiger partial charge in [-0.15, -0.1) is 6.58 Å². The van der Waals surface area contributed by atoms with Crippen molar-refractivity contribution in [2.45, 2.75) is 37.8 Å². The van der Waals surface area contributed by atoms with Crippen LogP contribution in [0.5, 0.6) is 0 Å². The van der Waals surface area contributed by atoms with Crippen molar-refractivity contribution in [1.29, 1.82) is 0 Å². The van der Waals surface area contributed by atoms with Crippen molar-refractivity contribution in [2.24, 2.45) is 0 Å². The van der Waals surface area contributed by atoms with E-state index in [0.717, 1.165) is 6.42 Å². The van der Waals surface area contributed by atoms with Crippen molar-refractivity contribution < 1.29 is 14.7 Å². The lowest BCUT2D eigenvalue weighted by Gasteiger charge is -2.40. The molecule has 0 saturated heterocycles. The molecular weight excluding hydrogens is 208 g/mol. The molecule has 0 heterocycles. The minimum atomic E-state index is -0.898. The highest BCUT2D eigenvalue weighted by Gasteiger charge is 2.45.